The lowest BCUT2D eigenvalue weighted by atomic mass is 10.1. The minimum atomic E-state index is -0.297. The number of rotatable bonds is 4. The van der Waals surface area contributed by atoms with E-state index in [2.05, 4.69) is 36.5 Å². The summed E-state index contributed by atoms with van der Waals surface area (Å²) in [5.41, 5.74) is 1.78. The molecule has 8 heteroatoms. The fraction of sp³-hybridized carbons (Fsp3) is 0.176. The van der Waals surface area contributed by atoms with E-state index in [0.29, 0.717) is 17.1 Å². The van der Waals surface area contributed by atoms with Gasteiger partial charge in [0.05, 0.1) is 23.5 Å². The molecule has 0 radical (unpaired) electrons. The second kappa shape index (κ2) is 7.02. The number of halogens is 1. The van der Waals surface area contributed by atoms with Crippen molar-refractivity contribution >= 4 is 21.8 Å². The number of carbonyl (C=O) groups excluding carboxylic acids is 1. The first-order valence-electron chi connectivity index (χ1n) is 7.63. The quantitative estimate of drug-likeness (QED) is 0.702. The molecular formula is C17H16BrN5O2. The Morgan fingerprint density at radius 3 is 2.72 bits per heavy atom. The van der Waals surface area contributed by atoms with E-state index in [1.165, 1.54) is 16.9 Å². The highest BCUT2D eigenvalue weighted by molar-refractivity contribution is 9.10. The van der Waals surface area contributed by atoms with Crippen LogP contribution in [-0.4, -0.2) is 25.9 Å². The van der Waals surface area contributed by atoms with Crippen molar-refractivity contribution in [1.29, 1.82) is 0 Å². The molecule has 0 aliphatic rings. The Balaban J connectivity index is 1.83. The second-order valence-corrected chi connectivity index (χ2v) is 6.41. The Kier molecular flexibility index (Phi) is 4.80. The molecule has 0 bridgehead atoms. The zero-order valence-electron chi connectivity index (χ0n) is 13.7. The lowest BCUT2D eigenvalue weighted by molar-refractivity contribution is 0.0939. The summed E-state index contributed by atoms with van der Waals surface area (Å²) in [6.45, 7) is 3.69. The molecule has 0 saturated carbocycles. The van der Waals surface area contributed by atoms with Crippen LogP contribution in [0, 0.1) is 6.92 Å². The number of hydrogen-bond acceptors (Lipinski definition) is 4. The fourth-order valence-corrected chi connectivity index (χ4v) is 3.13. The zero-order chi connectivity index (χ0) is 18.0. The smallest absolute Gasteiger partial charge is 0.264 e. The van der Waals surface area contributed by atoms with Gasteiger partial charge in [-0.2, -0.15) is 10.2 Å². The molecule has 3 aromatic rings. The summed E-state index contributed by atoms with van der Waals surface area (Å²) in [4.78, 5) is 23.7. The fourth-order valence-electron chi connectivity index (χ4n) is 2.50. The van der Waals surface area contributed by atoms with E-state index >= 15 is 0 Å². The number of H-pyrrole nitrogens is 1. The number of carbonyl (C=O) groups is 1. The molecule has 1 unspecified atom stereocenters. The third kappa shape index (κ3) is 3.53. The number of aromatic nitrogens is 4. The zero-order valence-corrected chi connectivity index (χ0v) is 15.2. The van der Waals surface area contributed by atoms with E-state index in [9.17, 15) is 9.59 Å². The number of nitrogens with one attached hydrogen (secondary N) is 2. The van der Waals surface area contributed by atoms with Crippen molar-refractivity contribution in [3.05, 3.63) is 74.2 Å². The molecule has 0 fully saturated rings. The number of amides is 1. The molecule has 1 atom stereocenters. The Morgan fingerprint density at radius 2 is 2.04 bits per heavy atom. The van der Waals surface area contributed by atoms with Gasteiger partial charge in [0.25, 0.3) is 11.5 Å². The van der Waals surface area contributed by atoms with Crippen molar-refractivity contribution in [2.45, 2.75) is 19.9 Å². The standard InChI is InChI=1S/C17H16BrN5O2/c1-10(12-5-3-4-6-14(12)18)20-17(25)13-9-19-23(11(13)2)15-7-8-16(24)22-21-15/h3-10H,1-2H3,(H,20,25)(H,22,24). The van der Waals surface area contributed by atoms with Gasteiger partial charge in [-0.3, -0.25) is 9.59 Å². The Morgan fingerprint density at radius 1 is 1.28 bits per heavy atom. The van der Waals surface area contributed by atoms with Gasteiger partial charge in [0.2, 0.25) is 0 Å². The second-order valence-electron chi connectivity index (χ2n) is 5.55. The molecular weight excluding hydrogens is 386 g/mol. The van der Waals surface area contributed by atoms with Crippen LogP contribution in [0.25, 0.3) is 5.82 Å². The monoisotopic (exact) mass is 401 g/mol. The summed E-state index contributed by atoms with van der Waals surface area (Å²) < 4.78 is 2.45. The molecule has 2 heterocycles. The Hall–Kier alpha value is -2.74. The molecule has 3 rings (SSSR count). The number of nitrogens with zero attached hydrogens (tertiary/aromatic N) is 3. The van der Waals surface area contributed by atoms with Crippen LogP contribution in [0.1, 0.15) is 34.6 Å². The average Bonchev–Trinajstić information content (AvgIpc) is 2.97. The van der Waals surface area contributed by atoms with Gasteiger partial charge in [-0.05, 0) is 31.5 Å². The summed E-state index contributed by atoms with van der Waals surface area (Å²) in [5.74, 6) is 0.214. The predicted molar refractivity (Wildman–Crippen MR) is 96.7 cm³/mol. The summed E-state index contributed by atoms with van der Waals surface area (Å²) in [6, 6.07) is 10.5. The maximum atomic E-state index is 12.6. The molecule has 1 amide bonds. The van der Waals surface area contributed by atoms with Gasteiger partial charge >= 0.3 is 0 Å². The first-order chi connectivity index (χ1) is 12.0. The van der Waals surface area contributed by atoms with Gasteiger partial charge in [0.15, 0.2) is 5.82 Å². The van der Waals surface area contributed by atoms with Crippen LogP contribution in [0.2, 0.25) is 0 Å². The topological polar surface area (TPSA) is 92.7 Å². The number of aromatic amines is 1. The van der Waals surface area contributed by atoms with Gasteiger partial charge in [-0.25, -0.2) is 9.78 Å². The average molecular weight is 402 g/mol. The lowest BCUT2D eigenvalue weighted by Gasteiger charge is -2.15. The van der Waals surface area contributed by atoms with E-state index in [4.69, 9.17) is 0 Å². The summed E-state index contributed by atoms with van der Waals surface area (Å²) in [5, 5.41) is 13.4. The van der Waals surface area contributed by atoms with Crippen LogP contribution < -0.4 is 10.9 Å². The molecule has 2 aromatic heterocycles. The highest BCUT2D eigenvalue weighted by Crippen LogP contribution is 2.23. The molecule has 0 aliphatic carbocycles. The molecule has 1 aromatic carbocycles. The lowest BCUT2D eigenvalue weighted by Crippen LogP contribution is -2.27. The molecule has 7 nitrogen and oxygen atoms in total. The van der Waals surface area contributed by atoms with Gasteiger partial charge < -0.3 is 5.32 Å². The van der Waals surface area contributed by atoms with Crippen molar-refractivity contribution in [1.82, 2.24) is 25.3 Å². The molecule has 0 saturated heterocycles. The van der Waals surface area contributed by atoms with Crippen LogP contribution in [0.3, 0.4) is 0 Å². The molecule has 0 spiro atoms. The SMILES string of the molecule is Cc1c(C(=O)NC(C)c2ccccc2Br)cnn1-c1ccc(=O)[nH]n1. The summed E-state index contributed by atoms with van der Waals surface area (Å²) >= 11 is 3.49. The van der Waals surface area contributed by atoms with E-state index in [1.807, 2.05) is 31.2 Å². The van der Waals surface area contributed by atoms with Gasteiger partial charge in [-0.1, -0.05) is 34.1 Å². The first-order valence-corrected chi connectivity index (χ1v) is 8.42. The highest BCUT2D eigenvalue weighted by atomic mass is 79.9. The maximum absolute atomic E-state index is 12.6. The van der Waals surface area contributed by atoms with Crippen molar-refractivity contribution < 1.29 is 4.79 Å². The van der Waals surface area contributed by atoms with Crippen molar-refractivity contribution in [3.8, 4) is 5.82 Å². The Bertz CT molecular complexity index is 959. The van der Waals surface area contributed by atoms with E-state index in [0.717, 1.165) is 10.0 Å². The van der Waals surface area contributed by atoms with Crippen molar-refractivity contribution in [2.75, 3.05) is 0 Å². The molecule has 25 heavy (non-hydrogen) atoms. The van der Waals surface area contributed by atoms with Gasteiger partial charge in [0.1, 0.15) is 0 Å². The van der Waals surface area contributed by atoms with Crippen LogP contribution in [0.4, 0.5) is 0 Å². The molecule has 128 valence electrons. The number of benzene rings is 1. The van der Waals surface area contributed by atoms with Gasteiger partial charge in [-0.15, -0.1) is 0 Å². The summed E-state index contributed by atoms with van der Waals surface area (Å²) in [7, 11) is 0. The minimum Gasteiger partial charge on any atom is -0.345 e. The van der Waals surface area contributed by atoms with E-state index in [1.54, 1.807) is 13.0 Å². The summed E-state index contributed by atoms with van der Waals surface area (Å²) in [6.07, 6.45) is 1.49. The first kappa shape index (κ1) is 17.1. The maximum Gasteiger partial charge on any atom is 0.264 e. The third-order valence-corrected chi connectivity index (χ3v) is 4.58. The van der Waals surface area contributed by atoms with Crippen LogP contribution >= 0.6 is 15.9 Å². The number of hydrogen-bond donors (Lipinski definition) is 2. The molecule has 0 aliphatic heterocycles. The van der Waals surface area contributed by atoms with Gasteiger partial charge in [0, 0.05) is 10.5 Å². The van der Waals surface area contributed by atoms with E-state index in [-0.39, 0.29) is 17.5 Å². The molecule has 2 N–H and O–H groups in total. The largest absolute Gasteiger partial charge is 0.345 e. The van der Waals surface area contributed by atoms with Crippen LogP contribution in [-0.2, 0) is 0 Å². The van der Waals surface area contributed by atoms with Crippen LogP contribution in [0.5, 0.6) is 0 Å². The van der Waals surface area contributed by atoms with E-state index < -0.39 is 0 Å². The van der Waals surface area contributed by atoms with Crippen molar-refractivity contribution in [3.63, 3.8) is 0 Å². The normalized spacial score (nSPS) is 12.0. The van der Waals surface area contributed by atoms with Crippen molar-refractivity contribution in [2.24, 2.45) is 0 Å². The predicted octanol–water partition coefficient (Wildman–Crippen LogP) is 2.52. The third-order valence-electron chi connectivity index (χ3n) is 3.86. The Labute approximate surface area is 152 Å². The van der Waals surface area contributed by atoms with Crippen LogP contribution in [0.15, 0.2) is 51.9 Å². The highest BCUT2D eigenvalue weighted by Gasteiger charge is 2.19. The minimum absolute atomic E-state index is 0.169.